The predicted octanol–water partition coefficient (Wildman–Crippen LogP) is -1.14. The molecule has 102 valence electrons. The molecule has 0 heterocycles. The minimum atomic E-state index is -1.06. The van der Waals surface area contributed by atoms with Gasteiger partial charge in [0.1, 0.15) is 0 Å². The van der Waals surface area contributed by atoms with Gasteiger partial charge in [-0.2, -0.15) is 0 Å². The van der Waals surface area contributed by atoms with E-state index < -0.39 is 11.9 Å². The van der Waals surface area contributed by atoms with E-state index in [4.69, 9.17) is 0 Å². The second-order valence-electron chi connectivity index (χ2n) is 5.19. The van der Waals surface area contributed by atoms with Gasteiger partial charge < -0.3 is 15.0 Å². The molecule has 0 aromatic heterocycles. The van der Waals surface area contributed by atoms with E-state index in [0.29, 0.717) is 0 Å². The number of aliphatic hydroxyl groups is 1. The summed E-state index contributed by atoms with van der Waals surface area (Å²) in [5.74, 6) is -1.66. The maximum Gasteiger partial charge on any atom is 1.00 e. The Morgan fingerprint density at radius 1 is 1.35 bits per heavy atom. The fraction of sp³-hybridized carbons (Fsp3) is 0.438. The summed E-state index contributed by atoms with van der Waals surface area (Å²) in [4.78, 5) is 10.8. The van der Waals surface area contributed by atoms with Gasteiger partial charge in [-0.05, 0) is 36.0 Å². The van der Waals surface area contributed by atoms with Crippen LogP contribution in [0.2, 0.25) is 0 Å². The van der Waals surface area contributed by atoms with E-state index in [1.165, 1.54) is 0 Å². The number of carboxylic acid groups (broad SMARTS) is 1. The number of hydrogen-bond donors (Lipinski definition) is 1. The van der Waals surface area contributed by atoms with Crippen LogP contribution < -0.4 is 34.7 Å². The van der Waals surface area contributed by atoms with Gasteiger partial charge in [-0.25, -0.2) is 0 Å². The molecule has 0 radical (unpaired) electrons. The summed E-state index contributed by atoms with van der Waals surface area (Å²) in [5, 5.41) is 20.7. The maximum absolute atomic E-state index is 10.8. The van der Waals surface area contributed by atoms with Crippen LogP contribution >= 0.6 is 0 Å². The predicted molar refractivity (Wildman–Crippen MR) is 72.3 cm³/mol. The maximum atomic E-state index is 10.8. The van der Waals surface area contributed by atoms with Crippen LogP contribution in [0.3, 0.4) is 0 Å². The molecule has 0 bridgehead atoms. The Kier molecular flexibility index (Phi) is 6.96. The van der Waals surface area contributed by atoms with Crippen molar-refractivity contribution in [3.05, 3.63) is 41.0 Å². The van der Waals surface area contributed by atoms with Crippen molar-refractivity contribution in [1.82, 2.24) is 0 Å². The standard InChI is InChI=1S/C16H20O3.Na/c1-11(16(18)19)13-8-6-12(7-9-13)10-14-4-2-3-5-15(14)17;/h6-11,15,17H,2-5H2,1H3,(H,18,19);/q;+1/p-1. The quantitative estimate of drug-likeness (QED) is 0.713. The first-order valence-corrected chi connectivity index (χ1v) is 6.77. The van der Waals surface area contributed by atoms with Crippen molar-refractivity contribution in [1.29, 1.82) is 0 Å². The molecular formula is C16H19NaO3. The largest absolute Gasteiger partial charge is 1.00 e. The van der Waals surface area contributed by atoms with Crippen molar-refractivity contribution in [3.8, 4) is 0 Å². The molecule has 0 aliphatic heterocycles. The molecule has 1 aliphatic rings. The Morgan fingerprint density at radius 2 is 2.00 bits per heavy atom. The average Bonchev–Trinajstić information content (AvgIpc) is 2.41. The molecule has 0 amide bonds. The molecule has 4 heteroatoms. The number of aliphatic hydroxyl groups excluding tert-OH is 1. The summed E-state index contributed by atoms with van der Waals surface area (Å²) < 4.78 is 0. The average molecular weight is 282 g/mol. The molecule has 0 saturated heterocycles. The smallest absolute Gasteiger partial charge is 0.550 e. The minimum absolute atomic E-state index is 0. The molecule has 1 aromatic rings. The van der Waals surface area contributed by atoms with Gasteiger partial charge >= 0.3 is 29.6 Å². The summed E-state index contributed by atoms with van der Waals surface area (Å²) >= 11 is 0. The Labute approximate surface area is 142 Å². The van der Waals surface area contributed by atoms with Crippen LogP contribution in [0.4, 0.5) is 0 Å². The molecule has 0 spiro atoms. The number of rotatable bonds is 3. The molecule has 3 nitrogen and oxygen atoms in total. The summed E-state index contributed by atoms with van der Waals surface area (Å²) in [6, 6.07) is 7.40. The van der Waals surface area contributed by atoms with E-state index in [9.17, 15) is 15.0 Å². The minimum Gasteiger partial charge on any atom is -0.550 e. The van der Waals surface area contributed by atoms with Crippen molar-refractivity contribution in [2.45, 2.75) is 44.6 Å². The van der Waals surface area contributed by atoms with Crippen LogP contribution in [0.15, 0.2) is 29.8 Å². The van der Waals surface area contributed by atoms with Gasteiger partial charge in [-0.1, -0.05) is 43.7 Å². The molecule has 1 aliphatic carbocycles. The van der Waals surface area contributed by atoms with Gasteiger partial charge in [-0.15, -0.1) is 0 Å². The van der Waals surface area contributed by atoms with Crippen molar-refractivity contribution in [3.63, 3.8) is 0 Å². The van der Waals surface area contributed by atoms with Gasteiger partial charge in [0.05, 0.1) is 6.10 Å². The van der Waals surface area contributed by atoms with Crippen LogP contribution in [0, 0.1) is 0 Å². The molecule has 2 rings (SSSR count). The first-order valence-electron chi connectivity index (χ1n) is 6.77. The molecule has 1 fully saturated rings. The first-order chi connectivity index (χ1) is 9.08. The Morgan fingerprint density at radius 3 is 2.55 bits per heavy atom. The molecule has 1 N–H and O–H groups in total. The summed E-state index contributed by atoms with van der Waals surface area (Å²) in [6.45, 7) is 1.62. The van der Waals surface area contributed by atoms with Gasteiger partial charge in [0, 0.05) is 11.9 Å². The van der Waals surface area contributed by atoms with E-state index >= 15 is 0 Å². The van der Waals surface area contributed by atoms with E-state index in [1.807, 2.05) is 30.3 Å². The number of hydrogen-bond acceptors (Lipinski definition) is 3. The van der Waals surface area contributed by atoms with Gasteiger partial charge in [0.15, 0.2) is 0 Å². The Hall–Kier alpha value is -0.610. The topological polar surface area (TPSA) is 60.4 Å². The fourth-order valence-corrected chi connectivity index (χ4v) is 2.42. The number of carboxylic acids is 1. The van der Waals surface area contributed by atoms with Crippen LogP contribution in [-0.2, 0) is 4.79 Å². The van der Waals surface area contributed by atoms with Crippen molar-refractivity contribution in [2.75, 3.05) is 0 Å². The van der Waals surface area contributed by atoms with Crippen LogP contribution in [0.5, 0.6) is 0 Å². The third kappa shape index (κ3) is 4.45. The second kappa shape index (κ2) is 7.99. The third-order valence-corrected chi connectivity index (χ3v) is 3.76. The summed E-state index contributed by atoms with van der Waals surface area (Å²) in [7, 11) is 0. The van der Waals surface area contributed by atoms with Crippen molar-refractivity contribution in [2.24, 2.45) is 0 Å². The molecule has 1 aromatic carbocycles. The van der Waals surface area contributed by atoms with E-state index in [0.717, 1.165) is 42.4 Å². The zero-order valence-electron chi connectivity index (χ0n) is 12.1. The van der Waals surface area contributed by atoms with Crippen molar-refractivity contribution < 1.29 is 44.6 Å². The van der Waals surface area contributed by atoms with Crippen LogP contribution in [-0.4, -0.2) is 17.2 Å². The second-order valence-corrected chi connectivity index (χ2v) is 5.19. The Bertz CT molecular complexity index is 479. The first kappa shape index (κ1) is 17.4. The van der Waals surface area contributed by atoms with E-state index in [-0.39, 0.29) is 35.7 Å². The Balaban J connectivity index is 0.00000200. The SMILES string of the molecule is CC(C(=O)[O-])c1ccc(C=C2CCCCC2O)cc1.[Na+]. The number of carbonyl (C=O) groups excluding carboxylic acids is 1. The van der Waals surface area contributed by atoms with Gasteiger partial charge in [0.25, 0.3) is 0 Å². The fourth-order valence-electron chi connectivity index (χ4n) is 2.42. The van der Waals surface area contributed by atoms with E-state index in [2.05, 4.69) is 0 Å². The monoisotopic (exact) mass is 282 g/mol. The molecule has 2 unspecified atom stereocenters. The molecule has 1 saturated carbocycles. The molecule has 20 heavy (non-hydrogen) atoms. The van der Waals surface area contributed by atoms with Crippen molar-refractivity contribution >= 4 is 12.0 Å². The number of aliphatic carboxylic acids is 1. The zero-order chi connectivity index (χ0) is 13.8. The number of carbonyl (C=O) groups is 1. The summed E-state index contributed by atoms with van der Waals surface area (Å²) in [5.41, 5.74) is 2.82. The molecular weight excluding hydrogens is 263 g/mol. The zero-order valence-corrected chi connectivity index (χ0v) is 14.1. The number of benzene rings is 1. The normalized spacial score (nSPS) is 22.1. The van der Waals surface area contributed by atoms with Gasteiger partial charge in [-0.3, -0.25) is 0 Å². The molecule has 2 atom stereocenters. The van der Waals surface area contributed by atoms with Crippen LogP contribution in [0.25, 0.3) is 6.08 Å². The third-order valence-electron chi connectivity index (χ3n) is 3.76. The van der Waals surface area contributed by atoms with Crippen LogP contribution in [0.1, 0.15) is 49.7 Å². The van der Waals surface area contributed by atoms with Gasteiger partial charge in [0.2, 0.25) is 0 Å². The summed E-state index contributed by atoms with van der Waals surface area (Å²) in [6.07, 6.45) is 5.68. The van der Waals surface area contributed by atoms with E-state index in [1.54, 1.807) is 6.92 Å².